The lowest BCUT2D eigenvalue weighted by atomic mass is 9.76. The Hall–Kier alpha value is -2.73. The van der Waals surface area contributed by atoms with E-state index in [4.69, 9.17) is 30.4 Å². The minimum absolute atomic E-state index is 0.0464. The van der Waals surface area contributed by atoms with Crippen LogP contribution in [0.1, 0.15) is 44.6 Å². The van der Waals surface area contributed by atoms with Crippen LogP contribution in [0.15, 0.2) is 42.9 Å². The van der Waals surface area contributed by atoms with Gasteiger partial charge in [-0.3, -0.25) is 14.6 Å². The molecule has 0 aliphatic carbocycles. The van der Waals surface area contributed by atoms with Gasteiger partial charge in [0.1, 0.15) is 17.5 Å². The SMILES string of the molecule is COC[C@@H](NC(=O)c1cnccn1)C(=O)N[C@@H](CCOc1ccc(Cl)cc1)B1OC(C)(C)C(C)(C)O1. The summed E-state index contributed by atoms with van der Waals surface area (Å²) in [5.74, 6) is -0.927. The van der Waals surface area contributed by atoms with Crippen molar-refractivity contribution in [2.45, 2.75) is 57.3 Å². The molecular weight excluding hydrogens is 487 g/mol. The van der Waals surface area contributed by atoms with Crippen LogP contribution in [0.25, 0.3) is 0 Å². The minimum atomic E-state index is -0.980. The Balaban J connectivity index is 1.71. The molecule has 2 aromatic rings. The van der Waals surface area contributed by atoms with E-state index < -0.39 is 42.1 Å². The topological polar surface area (TPSA) is 121 Å². The number of methoxy groups -OCH3 is 1. The third-order valence-corrected chi connectivity index (χ3v) is 6.44. The van der Waals surface area contributed by atoms with Gasteiger partial charge in [0.2, 0.25) is 5.91 Å². The Bertz CT molecular complexity index is 1010. The van der Waals surface area contributed by atoms with Crippen LogP contribution in [0.2, 0.25) is 5.02 Å². The second-order valence-corrected chi connectivity index (χ2v) is 9.84. The molecule has 3 rings (SSSR count). The van der Waals surface area contributed by atoms with Gasteiger partial charge in [-0.15, -0.1) is 0 Å². The number of benzene rings is 1. The quantitative estimate of drug-likeness (QED) is 0.435. The lowest BCUT2D eigenvalue weighted by molar-refractivity contribution is -0.124. The van der Waals surface area contributed by atoms with Crippen molar-refractivity contribution in [3.63, 3.8) is 0 Å². The van der Waals surface area contributed by atoms with Crippen molar-refractivity contribution >= 4 is 30.5 Å². The van der Waals surface area contributed by atoms with Gasteiger partial charge >= 0.3 is 7.12 Å². The van der Waals surface area contributed by atoms with Gasteiger partial charge in [0, 0.05) is 30.9 Å². The molecule has 1 aromatic carbocycles. The maximum atomic E-state index is 13.3. The fourth-order valence-corrected chi connectivity index (χ4v) is 3.57. The third-order valence-electron chi connectivity index (χ3n) is 6.19. The summed E-state index contributed by atoms with van der Waals surface area (Å²) in [7, 11) is 0.715. The smallest absolute Gasteiger partial charge is 0.481 e. The molecule has 2 amide bonds. The number of rotatable bonds is 11. The maximum Gasteiger partial charge on any atom is 0.481 e. The third kappa shape index (κ3) is 7.16. The van der Waals surface area contributed by atoms with E-state index in [0.29, 0.717) is 17.2 Å². The summed E-state index contributed by atoms with van der Waals surface area (Å²) in [5.41, 5.74) is -1.10. The Morgan fingerprint density at radius 3 is 2.33 bits per heavy atom. The van der Waals surface area contributed by atoms with Crippen molar-refractivity contribution in [2.24, 2.45) is 0 Å². The largest absolute Gasteiger partial charge is 0.494 e. The highest BCUT2D eigenvalue weighted by Gasteiger charge is 2.54. The average Bonchev–Trinajstić information content (AvgIpc) is 3.06. The Morgan fingerprint density at radius 2 is 1.75 bits per heavy atom. The van der Waals surface area contributed by atoms with Crippen molar-refractivity contribution in [3.8, 4) is 5.75 Å². The molecule has 0 unspecified atom stereocenters. The van der Waals surface area contributed by atoms with Crippen molar-refractivity contribution in [1.29, 1.82) is 0 Å². The molecule has 194 valence electrons. The van der Waals surface area contributed by atoms with E-state index in [9.17, 15) is 9.59 Å². The Morgan fingerprint density at radius 1 is 1.08 bits per heavy atom. The number of nitrogens with one attached hydrogen (secondary N) is 2. The summed E-state index contributed by atoms with van der Waals surface area (Å²) in [4.78, 5) is 33.7. The molecule has 2 atom stereocenters. The van der Waals surface area contributed by atoms with Gasteiger partial charge in [-0.05, 0) is 52.0 Å². The molecule has 0 saturated carbocycles. The van der Waals surface area contributed by atoms with Crippen molar-refractivity contribution in [3.05, 3.63) is 53.6 Å². The highest BCUT2D eigenvalue weighted by molar-refractivity contribution is 6.48. The molecule has 1 aliphatic heterocycles. The molecule has 0 radical (unpaired) electrons. The van der Waals surface area contributed by atoms with Crippen LogP contribution >= 0.6 is 11.6 Å². The first-order chi connectivity index (χ1) is 17.0. The number of hydrogen-bond donors (Lipinski definition) is 2. The van der Waals surface area contributed by atoms with Crippen LogP contribution in [-0.4, -0.2) is 72.4 Å². The van der Waals surface area contributed by atoms with E-state index in [1.165, 1.54) is 25.7 Å². The number of amides is 2. The Kier molecular flexibility index (Phi) is 9.29. The number of carbonyl (C=O) groups is 2. The van der Waals surface area contributed by atoms with E-state index >= 15 is 0 Å². The van der Waals surface area contributed by atoms with E-state index in [-0.39, 0.29) is 18.9 Å². The predicted molar refractivity (Wildman–Crippen MR) is 135 cm³/mol. The van der Waals surface area contributed by atoms with Gasteiger partial charge in [-0.1, -0.05) is 11.6 Å². The first-order valence-electron chi connectivity index (χ1n) is 11.6. The number of nitrogens with zero attached hydrogens (tertiary/aromatic N) is 2. The van der Waals surface area contributed by atoms with Crippen molar-refractivity contribution in [1.82, 2.24) is 20.6 Å². The van der Waals surface area contributed by atoms with Crippen molar-refractivity contribution in [2.75, 3.05) is 20.3 Å². The molecule has 1 fully saturated rings. The summed E-state index contributed by atoms with van der Waals surface area (Å²) in [6, 6.07) is 6.02. The highest BCUT2D eigenvalue weighted by Crippen LogP contribution is 2.37. The minimum Gasteiger partial charge on any atom is -0.494 e. The fourth-order valence-electron chi connectivity index (χ4n) is 3.45. The molecule has 1 saturated heterocycles. The lowest BCUT2D eigenvalue weighted by Gasteiger charge is -2.32. The molecule has 1 aromatic heterocycles. The summed E-state index contributed by atoms with van der Waals surface area (Å²) in [6.45, 7) is 7.97. The second-order valence-electron chi connectivity index (χ2n) is 9.40. The second kappa shape index (κ2) is 12.0. The summed E-state index contributed by atoms with van der Waals surface area (Å²) in [6.07, 6.45) is 4.55. The predicted octanol–water partition coefficient (Wildman–Crippen LogP) is 2.46. The standard InChI is InChI=1S/C24H32BClN4O6/c1-23(2)24(3,4)36-25(35-23)20(10-13-34-17-8-6-16(26)7-9-17)30-22(32)19(15-33-5)29-21(31)18-14-27-11-12-28-18/h6-9,11-12,14,19-20H,10,13,15H2,1-5H3,(H,29,31)(H,30,32)/t19-,20+/m1/s1. The molecule has 0 spiro atoms. The van der Waals surface area contributed by atoms with Gasteiger partial charge in [-0.2, -0.15) is 0 Å². The molecule has 0 bridgehead atoms. The van der Waals surface area contributed by atoms with Crippen LogP contribution in [0, 0.1) is 0 Å². The fraction of sp³-hybridized carbons (Fsp3) is 0.500. The first kappa shape index (κ1) is 27.9. The van der Waals surface area contributed by atoms with Gasteiger partial charge in [0.05, 0.1) is 36.6 Å². The van der Waals surface area contributed by atoms with Crippen LogP contribution < -0.4 is 15.4 Å². The average molecular weight is 519 g/mol. The van der Waals surface area contributed by atoms with E-state index in [0.717, 1.165) is 0 Å². The molecular formula is C24H32BClN4O6. The van der Waals surface area contributed by atoms with Crippen LogP contribution in [0.4, 0.5) is 0 Å². The van der Waals surface area contributed by atoms with Gasteiger partial charge in [-0.25, -0.2) is 4.98 Å². The zero-order valence-corrected chi connectivity index (χ0v) is 21.9. The van der Waals surface area contributed by atoms with Gasteiger partial charge in [0.15, 0.2) is 0 Å². The zero-order chi connectivity index (χ0) is 26.3. The molecule has 2 N–H and O–H groups in total. The van der Waals surface area contributed by atoms with Crippen LogP contribution in [-0.2, 0) is 18.8 Å². The van der Waals surface area contributed by atoms with E-state index in [2.05, 4.69) is 20.6 Å². The molecule has 10 nitrogen and oxygen atoms in total. The number of aromatic nitrogens is 2. The van der Waals surface area contributed by atoms with E-state index in [1.807, 2.05) is 27.7 Å². The molecule has 1 aliphatic rings. The number of halogens is 1. The molecule has 2 heterocycles. The van der Waals surface area contributed by atoms with Crippen LogP contribution in [0.5, 0.6) is 5.75 Å². The van der Waals surface area contributed by atoms with Crippen molar-refractivity contribution < 1.29 is 28.4 Å². The van der Waals surface area contributed by atoms with E-state index in [1.54, 1.807) is 24.3 Å². The molecule has 36 heavy (non-hydrogen) atoms. The van der Waals surface area contributed by atoms with Gasteiger partial charge in [0.25, 0.3) is 5.91 Å². The highest BCUT2D eigenvalue weighted by atomic mass is 35.5. The summed E-state index contributed by atoms with van der Waals surface area (Å²) in [5, 5.41) is 6.21. The maximum absolute atomic E-state index is 13.3. The lowest BCUT2D eigenvalue weighted by Crippen LogP contribution is -2.56. The zero-order valence-electron chi connectivity index (χ0n) is 21.1. The summed E-state index contributed by atoms with van der Waals surface area (Å²) < 4.78 is 23.4. The monoisotopic (exact) mass is 518 g/mol. The van der Waals surface area contributed by atoms with Gasteiger partial charge < -0.3 is 29.4 Å². The normalized spacial score (nSPS) is 17.8. The summed E-state index contributed by atoms with van der Waals surface area (Å²) >= 11 is 5.94. The van der Waals surface area contributed by atoms with Crippen LogP contribution in [0.3, 0.4) is 0 Å². The number of carbonyl (C=O) groups excluding carboxylic acids is 2. The number of hydrogen-bond acceptors (Lipinski definition) is 8. The molecule has 12 heteroatoms. The number of ether oxygens (including phenoxy) is 2. The first-order valence-corrected chi connectivity index (χ1v) is 12.0. The Labute approximate surface area is 216 Å².